The largest absolute Gasteiger partial charge is 0.480 e. The Morgan fingerprint density at radius 3 is 2.48 bits per heavy atom. The molecule has 1 aromatic rings. The molecule has 1 aromatic carbocycles. The molecular weight excluding hydrogens is 299 g/mol. The molecule has 1 aliphatic heterocycles. The number of piperazine rings is 1. The lowest BCUT2D eigenvalue weighted by Gasteiger charge is -2.36. The van der Waals surface area contributed by atoms with Crippen molar-refractivity contribution in [2.75, 3.05) is 26.2 Å². The van der Waals surface area contributed by atoms with Gasteiger partial charge in [0.15, 0.2) is 0 Å². The maximum atomic E-state index is 13.7. The molecule has 0 aliphatic carbocycles. The molecule has 1 amide bonds. The van der Waals surface area contributed by atoms with Crippen molar-refractivity contribution >= 4 is 23.5 Å². The van der Waals surface area contributed by atoms with Gasteiger partial charge < -0.3 is 10.0 Å². The second-order valence-electron chi connectivity index (χ2n) is 4.97. The van der Waals surface area contributed by atoms with E-state index in [4.69, 9.17) is 16.7 Å². The Balaban J connectivity index is 2.03. The minimum atomic E-state index is -0.893. The number of nitrogens with zero attached hydrogens (tertiary/aromatic N) is 2. The average molecular weight is 315 g/mol. The first kappa shape index (κ1) is 15.7. The lowest BCUT2D eigenvalue weighted by molar-refractivity contribution is -0.143. The van der Waals surface area contributed by atoms with E-state index in [0.29, 0.717) is 31.2 Å². The lowest BCUT2D eigenvalue weighted by atomic mass is 10.1. The molecule has 2 rings (SSSR count). The van der Waals surface area contributed by atoms with Gasteiger partial charge >= 0.3 is 5.97 Å². The minimum Gasteiger partial charge on any atom is -0.480 e. The number of carboxylic acids is 1. The summed E-state index contributed by atoms with van der Waals surface area (Å²) >= 11 is 5.79. The van der Waals surface area contributed by atoms with Crippen LogP contribution in [0.2, 0.25) is 5.02 Å². The Bertz CT molecular complexity index is 559. The zero-order valence-electron chi connectivity index (χ0n) is 11.6. The van der Waals surface area contributed by atoms with E-state index >= 15 is 0 Å². The molecule has 1 atom stereocenters. The van der Waals surface area contributed by atoms with Crippen LogP contribution in [0.1, 0.15) is 17.3 Å². The molecule has 7 heteroatoms. The zero-order valence-corrected chi connectivity index (χ0v) is 12.3. The van der Waals surface area contributed by atoms with Crippen molar-refractivity contribution < 1.29 is 19.1 Å². The van der Waals surface area contributed by atoms with Gasteiger partial charge in [-0.3, -0.25) is 14.5 Å². The van der Waals surface area contributed by atoms with Crippen LogP contribution in [0.4, 0.5) is 4.39 Å². The quantitative estimate of drug-likeness (QED) is 0.922. The van der Waals surface area contributed by atoms with Crippen molar-refractivity contribution in [2.45, 2.75) is 13.0 Å². The summed E-state index contributed by atoms with van der Waals surface area (Å²) in [6, 6.07) is 3.27. The molecule has 0 bridgehead atoms. The van der Waals surface area contributed by atoms with E-state index in [0.717, 1.165) is 6.07 Å². The second-order valence-corrected chi connectivity index (χ2v) is 5.40. The van der Waals surface area contributed by atoms with E-state index in [1.807, 2.05) is 0 Å². The van der Waals surface area contributed by atoms with Crippen molar-refractivity contribution in [3.05, 3.63) is 34.6 Å². The standard InChI is InChI=1S/C14H16ClFN2O3/c1-9(14(20)21)17-4-6-18(7-5-17)13(19)11-8-10(15)2-3-12(11)16/h2-3,8-9H,4-7H2,1H3,(H,20,21). The van der Waals surface area contributed by atoms with Crippen LogP contribution in [0.3, 0.4) is 0 Å². The summed E-state index contributed by atoms with van der Waals surface area (Å²) in [5.74, 6) is -1.92. The molecular formula is C14H16ClFN2O3. The third kappa shape index (κ3) is 3.51. The third-order valence-electron chi connectivity index (χ3n) is 3.67. The SMILES string of the molecule is CC(C(=O)O)N1CCN(C(=O)c2cc(Cl)ccc2F)CC1. The maximum Gasteiger partial charge on any atom is 0.320 e. The first-order chi connectivity index (χ1) is 9.90. The van der Waals surface area contributed by atoms with Gasteiger partial charge in [-0.15, -0.1) is 0 Å². The topological polar surface area (TPSA) is 60.9 Å². The molecule has 0 saturated carbocycles. The van der Waals surface area contributed by atoms with E-state index in [1.54, 1.807) is 11.8 Å². The van der Waals surface area contributed by atoms with Gasteiger partial charge in [-0.05, 0) is 25.1 Å². The molecule has 114 valence electrons. The predicted molar refractivity (Wildman–Crippen MR) is 76.0 cm³/mol. The highest BCUT2D eigenvalue weighted by Gasteiger charge is 2.28. The van der Waals surface area contributed by atoms with E-state index in [1.165, 1.54) is 17.0 Å². The molecule has 1 aliphatic rings. The highest BCUT2D eigenvalue weighted by Crippen LogP contribution is 2.18. The number of hydrogen-bond donors (Lipinski definition) is 1. The first-order valence-electron chi connectivity index (χ1n) is 6.61. The molecule has 1 fully saturated rings. The summed E-state index contributed by atoms with van der Waals surface area (Å²) in [5, 5.41) is 9.27. The van der Waals surface area contributed by atoms with Gasteiger partial charge in [0, 0.05) is 31.2 Å². The lowest BCUT2D eigenvalue weighted by Crippen LogP contribution is -2.53. The van der Waals surface area contributed by atoms with Gasteiger partial charge in [0.1, 0.15) is 11.9 Å². The van der Waals surface area contributed by atoms with Crippen LogP contribution in [0.25, 0.3) is 0 Å². The summed E-state index contributed by atoms with van der Waals surface area (Å²) in [7, 11) is 0. The number of benzene rings is 1. The van der Waals surface area contributed by atoms with Gasteiger partial charge in [-0.1, -0.05) is 11.6 Å². The van der Waals surface area contributed by atoms with Crippen molar-refractivity contribution in [1.29, 1.82) is 0 Å². The molecule has 1 N–H and O–H groups in total. The Labute approximate surface area is 126 Å². The Morgan fingerprint density at radius 1 is 1.29 bits per heavy atom. The van der Waals surface area contributed by atoms with E-state index < -0.39 is 23.7 Å². The molecule has 0 radical (unpaired) electrons. The van der Waals surface area contributed by atoms with Crippen LogP contribution >= 0.6 is 11.6 Å². The van der Waals surface area contributed by atoms with Crippen LogP contribution in [0, 0.1) is 5.82 Å². The second kappa shape index (κ2) is 6.41. The maximum absolute atomic E-state index is 13.7. The van der Waals surface area contributed by atoms with E-state index in [9.17, 15) is 14.0 Å². The number of carbonyl (C=O) groups is 2. The Morgan fingerprint density at radius 2 is 1.90 bits per heavy atom. The number of aliphatic carboxylic acids is 1. The fourth-order valence-corrected chi connectivity index (χ4v) is 2.47. The summed E-state index contributed by atoms with van der Waals surface area (Å²) in [5.41, 5.74) is -0.0535. The van der Waals surface area contributed by atoms with Gasteiger partial charge in [0.2, 0.25) is 0 Å². The molecule has 0 aromatic heterocycles. The van der Waals surface area contributed by atoms with Crippen LogP contribution in [-0.4, -0.2) is 59.0 Å². The molecule has 0 spiro atoms. The fourth-order valence-electron chi connectivity index (χ4n) is 2.30. The summed E-state index contributed by atoms with van der Waals surface area (Å²) in [6.45, 7) is 3.23. The normalized spacial score (nSPS) is 17.6. The fraction of sp³-hybridized carbons (Fsp3) is 0.429. The summed E-state index contributed by atoms with van der Waals surface area (Å²) < 4.78 is 13.7. The Hall–Kier alpha value is -1.66. The van der Waals surface area contributed by atoms with Crippen molar-refractivity contribution in [3.8, 4) is 0 Å². The van der Waals surface area contributed by atoms with Crippen LogP contribution in [-0.2, 0) is 4.79 Å². The number of halogens is 2. The number of rotatable bonds is 3. The number of carbonyl (C=O) groups excluding carboxylic acids is 1. The Kier molecular flexibility index (Phi) is 4.80. The molecule has 5 nitrogen and oxygen atoms in total. The third-order valence-corrected chi connectivity index (χ3v) is 3.90. The van der Waals surface area contributed by atoms with Gasteiger partial charge in [-0.2, -0.15) is 0 Å². The smallest absolute Gasteiger partial charge is 0.320 e. The van der Waals surface area contributed by atoms with Crippen molar-refractivity contribution in [1.82, 2.24) is 9.80 Å². The minimum absolute atomic E-state index is 0.0535. The molecule has 21 heavy (non-hydrogen) atoms. The van der Waals surface area contributed by atoms with Gasteiger partial charge in [0.25, 0.3) is 5.91 Å². The summed E-state index contributed by atoms with van der Waals surface area (Å²) in [4.78, 5) is 26.5. The van der Waals surface area contributed by atoms with E-state index in [-0.39, 0.29) is 5.56 Å². The predicted octanol–water partition coefficient (Wildman–Crippen LogP) is 1.71. The van der Waals surface area contributed by atoms with Gasteiger partial charge in [0.05, 0.1) is 5.56 Å². The molecule has 1 unspecified atom stereocenters. The van der Waals surface area contributed by atoms with Gasteiger partial charge in [-0.25, -0.2) is 4.39 Å². The van der Waals surface area contributed by atoms with Crippen molar-refractivity contribution in [3.63, 3.8) is 0 Å². The molecule has 1 saturated heterocycles. The van der Waals surface area contributed by atoms with Crippen LogP contribution in [0.15, 0.2) is 18.2 Å². The highest BCUT2D eigenvalue weighted by atomic mass is 35.5. The zero-order chi connectivity index (χ0) is 15.6. The average Bonchev–Trinajstić information content (AvgIpc) is 2.48. The number of carboxylic acid groups (broad SMARTS) is 1. The van der Waals surface area contributed by atoms with Crippen LogP contribution < -0.4 is 0 Å². The molecule has 1 heterocycles. The highest BCUT2D eigenvalue weighted by molar-refractivity contribution is 6.31. The number of hydrogen-bond acceptors (Lipinski definition) is 3. The van der Waals surface area contributed by atoms with Crippen molar-refractivity contribution in [2.24, 2.45) is 0 Å². The monoisotopic (exact) mass is 314 g/mol. The summed E-state index contributed by atoms with van der Waals surface area (Å²) in [6.07, 6.45) is 0. The first-order valence-corrected chi connectivity index (χ1v) is 6.99. The number of amides is 1. The van der Waals surface area contributed by atoms with Crippen LogP contribution in [0.5, 0.6) is 0 Å². The van der Waals surface area contributed by atoms with E-state index in [2.05, 4.69) is 0 Å².